The van der Waals surface area contributed by atoms with E-state index >= 15 is 0 Å². The second-order valence-electron chi connectivity index (χ2n) is 4.75. The molecule has 1 aromatic carbocycles. The van der Waals surface area contributed by atoms with Gasteiger partial charge in [-0.25, -0.2) is 0 Å². The lowest BCUT2D eigenvalue weighted by Crippen LogP contribution is -2.08. The number of benzene rings is 1. The van der Waals surface area contributed by atoms with Gasteiger partial charge in [0.1, 0.15) is 5.04 Å². The molecular weight excluding hydrogens is 309 g/mol. The van der Waals surface area contributed by atoms with E-state index in [4.69, 9.17) is 20.9 Å². The monoisotopic (exact) mass is 331 g/mol. The molecule has 6 heteroatoms. The maximum absolute atomic E-state index is 5.81. The molecule has 0 atom stereocenters. The topological polar surface area (TPSA) is 30.8 Å². The van der Waals surface area contributed by atoms with Crippen molar-refractivity contribution < 1.29 is 9.05 Å². The van der Waals surface area contributed by atoms with Gasteiger partial charge in [-0.1, -0.05) is 30.3 Å². The molecule has 112 valence electrons. The SMILES string of the molecule is CSC(=NP(=S)(OC(C)C)OC(C)C)c1ccccc1. The van der Waals surface area contributed by atoms with Crippen LogP contribution in [0.3, 0.4) is 0 Å². The Bertz CT molecular complexity index is 475. The molecule has 0 aromatic heterocycles. The summed E-state index contributed by atoms with van der Waals surface area (Å²) in [7, 11) is 0. The molecule has 0 unspecified atom stereocenters. The Kier molecular flexibility index (Phi) is 7.41. The molecule has 1 rings (SSSR count). The highest BCUT2D eigenvalue weighted by Gasteiger charge is 2.23. The van der Waals surface area contributed by atoms with E-state index in [1.807, 2.05) is 64.3 Å². The van der Waals surface area contributed by atoms with Crippen LogP contribution in [0.1, 0.15) is 33.3 Å². The molecular formula is C14H22NO2PS2. The van der Waals surface area contributed by atoms with Gasteiger partial charge in [0.05, 0.1) is 12.2 Å². The number of hydrogen-bond donors (Lipinski definition) is 0. The quantitative estimate of drug-likeness (QED) is 0.423. The largest absolute Gasteiger partial charge is 0.310 e. The summed E-state index contributed by atoms with van der Waals surface area (Å²) in [5.74, 6) is 0. The van der Waals surface area contributed by atoms with Crippen molar-refractivity contribution in [3.63, 3.8) is 0 Å². The number of rotatable bonds is 6. The van der Waals surface area contributed by atoms with Gasteiger partial charge in [0.25, 0.3) is 0 Å². The average molecular weight is 331 g/mol. The molecule has 0 saturated carbocycles. The summed E-state index contributed by atoms with van der Waals surface area (Å²) >= 11 is 7.12. The van der Waals surface area contributed by atoms with Crippen LogP contribution in [0.15, 0.2) is 35.1 Å². The normalized spacial score (nSPS) is 13.2. The van der Waals surface area contributed by atoms with Crippen molar-refractivity contribution in [1.29, 1.82) is 0 Å². The van der Waals surface area contributed by atoms with Crippen molar-refractivity contribution in [1.82, 2.24) is 0 Å². The Morgan fingerprint density at radius 2 is 1.60 bits per heavy atom. The minimum Gasteiger partial charge on any atom is -0.310 e. The molecule has 0 fully saturated rings. The van der Waals surface area contributed by atoms with E-state index in [-0.39, 0.29) is 12.2 Å². The summed E-state index contributed by atoms with van der Waals surface area (Å²) in [5.41, 5.74) is 1.04. The van der Waals surface area contributed by atoms with E-state index in [1.165, 1.54) is 0 Å². The molecule has 0 heterocycles. The molecule has 0 amide bonds. The fraction of sp³-hybridized carbons (Fsp3) is 0.500. The van der Waals surface area contributed by atoms with Crippen LogP contribution in [0.25, 0.3) is 0 Å². The molecule has 3 nitrogen and oxygen atoms in total. The molecule has 0 aliphatic rings. The summed E-state index contributed by atoms with van der Waals surface area (Å²) in [6.07, 6.45) is 1.96. The average Bonchev–Trinajstić information content (AvgIpc) is 2.35. The second kappa shape index (κ2) is 8.30. The molecule has 0 radical (unpaired) electrons. The summed E-state index contributed by atoms with van der Waals surface area (Å²) < 4.78 is 16.2. The third-order valence-electron chi connectivity index (χ3n) is 2.12. The third kappa shape index (κ3) is 6.06. The summed E-state index contributed by atoms with van der Waals surface area (Å²) in [6.45, 7) is 5.11. The predicted molar refractivity (Wildman–Crippen MR) is 93.2 cm³/mol. The van der Waals surface area contributed by atoms with Crippen molar-refractivity contribution in [3.05, 3.63) is 35.9 Å². The molecule has 0 saturated heterocycles. The van der Waals surface area contributed by atoms with Gasteiger partial charge in [-0.05, 0) is 45.8 Å². The summed E-state index contributed by atoms with van der Waals surface area (Å²) in [6, 6.07) is 9.97. The van der Waals surface area contributed by atoms with Crippen molar-refractivity contribution in [3.8, 4) is 0 Å². The van der Waals surface area contributed by atoms with E-state index in [1.54, 1.807) is 11.8 Å². The molecule has 0 spiro atoms. The van der Waals surface area contributed by atoms with Crippen molar-refractivity contribution in [2.75, 3.05) is 6.26 Å². The maximum atomic E-state index is 5.81. The lowest BCUT2D eigenvalue weighted by Gasteiger charge is -2.23. The molecule has 0 bridgehead atoms. The van der Waals surface area contributed by atoms with Crippen LogP contribution < -0.4 is 0 Å². The van der Waals surface area contributed by atoms with Crippen LogP contribution in [-0.2, 0) is 20.9 Å². The van der Waals surface area contributed by atoms with Crippen molar-refractivity contribution in [2.24, 2.45) is 4.76 Å². The van der Waals surface area contributed by atoms with Crippen LogP contribution in [-0.4, -0.2) is 23.5 Å². The Labute approximate surface area is 131 Å². The van der Waals surface area contributed by atoms with Crippen LogP contribution in [0.2, 0.25) is 0 Å². The van der Waals surface area contributed by atoms with Crippen molar-refractivity contribution in [2.45, 2.75) is 39.9 Å². The zero-order chi connectivity index (χ0) is 15.2. The lowest BCUT2D eigenvalue weighted by molar-refractivity contribution is 0.176. The van der Waals surface area contributed by atoms with E-state index < -0.39 is 6.64 Å². The van der Waals surface area contributed by atoms with Gasteiger partial charge in [-0.2, -0.15) is 4.76 Å². The van der Waals surface area contributed by atoms with Gasteiger partial charge in [0, 0.05) is 5.56 Å². The second-order valence-corrected chi connectivity index (χ2v) is 8.49. The first-order valence-electron chi connectivity index (χ1n) is 6.53. The van der Waals surface area contributed by atoms with Crippen LogP contribution >= 0.6 is 18.4 Å². The smallest absolute Gasteiger partial charge is 0.310 e. The predicted octanol–water partition coefficient (Wildman–Crippen LogP) is 4.87. The molecule has 0 aliphatic carbocycles. The Morgan fingerprint density at radius 1 is 1.10 bits per heavy atom. The van der Waals surface area contributed by atoms with Crippen LogP contribution in [0, 0.1) is 0 Å². The van der Waals surface area contributed by atoms with Gasteiger partial charge in [0.2, 0.25) is 0 Å². The minimum atomic E-state index is -2.67. The Balaban J connectivity index is 3.12. The first-order valence-corrected chi connectivity index (χ1v) is 10.3. The fourth-order valence-corrected chi connectivity index (χ4v) is 5.51. The fourth-order valence-electron chi connectivity index (χ4n) is 1.51. The van der Waals surface area contributed by atoms with E-state index in [2.05, 4.69) is 4.76 Å². The Morgan fingerprint density at radius 3 is 2.00 bits per heavy atom. The van der Waals surface area contributed by atoms with Gasteiger partial charge in [-0.3, -0.25) is 0 Å². The number of hydrogen-bond acceptors (Lipinski definition) is 4. The first kappa shape index (κ1) is 17.9. The first-order chi connectivity index (χ1) is 9.36. The number of thioether (sulfide) groups is 1. The van der Waals surface area contributed by atoms with Crippen LogP contribution in [0.5, 0.6) is 0 Å². The van der Waals surface area contributed by atoms with E-state index in [0.717, 1.165) is 10.6 Å². The molecule has 0 N–H and O–H groups in total. The van der Waals surface area contributed by atoms with Crippen LogP contribution in [0.4, 0.5) is 0 Å². The summed E-state index contributed by atoms with van der Waals surface area (Å²) in [5, 5.41) is 0.857. The molecule has 20 heavy (non-hydrogen) atoms. The highest BCUT2D eigenvalue weighted by atomic mass is 32.5. The highest BCUT2D eigenvalue weighted by molar-refractivity contribution is 8.15. The molecule has 0 aliphatic heterocycles. The van der Waals surface area contributed by atoms with Gasteiger partial charge >= 0.3 is 6.64 Å². The Hall–Kier alpha value is -0.190. The van der Waals surface area contributed by atoms with Crippen molar-refractivity contribution >= 4 is 35.3 Å². The van der Waals surface area contributed by atoms with Gasteiger partial charge in [0.15, 0.2) is 0 Å². The molecule has 1 aromatic rings. The lowest BCUT2D eigenvalue weighted by atomic mass is 10.2. The van der Waals surface area contributed by atoms with E-state index in [9.17, 15) is 0 Å². The third-order valence-corrected chi connectivity index (χ3v) is 5.55. The van der Waals surface area contributed by atoms with E-state index in [0.29, 0.717) is 0 Å². The minimum absolute atomic E-state index is 0.0118. The maximum Gasteiger partial charge on any atom is 0.310 e. The highest BCUT2D eigenvalue weighted by Crippen LogP contribution is 2.53. The van der Waals surface area contributed by atoms with Gasteiger partial charge < -0.3 is 9.05 Å². The number of nitrogens with zero attached hydrogens (tertiary/aromatic N) is 1. The van der Waals surface area contributed by atoms with Gasteiger partial charge in [-0.15, -0.1) is 11.8 Å². The zero-order valence-corrected chi connectivity index (χ0v) is 15.1. The zero-order valence-electron chi connectivity index (χ0n) is 12.6. The standard InChI is InChI=1S/C14H22NO2PS2/c1-11(2)16-18(19,17-12(3)4)15-14(20-5)13-9-7-6-8-10-13/h6-12H,1-5H3. The summed E-state index contributed by atoms with van der Waals surface area (Å²) in [4.78, 5) is 0.